The zero-order valence-electron chi connectivity index (χ0n) is 32.9. The summed E-state index contributed by atoms with van der Waals surface area (Å²) in [7, 11) is 0. The molecule has 3 aromatic rings. The van der Waals surface area contributed by atoms with Gasteiger partial charge in [0, 0.05) is 123 Å². The van der Waals surface area contributed by atoms with Crippen molar-refractivity contribution in [2.75, 3.05) is 6.61 Å². The Kier molecular flexibility index (Phi) is 15.0. The average molecular weight is 1260 g/mol. The van der Waals surface area contributed by atoms with Crippen LogP contribution in [0.15, 0.2) is 96.1 Å². The number of hydrogen-bond acceptors (Lipinski definition) is 12. The summed E-state index contributed by atoms with van der Waals surface area (Å²) >= 11 is 6.00. The number of amides is 1. The molecule has 1 saturated heterocycles. The number of rotatable bonds is 8. The average Bonchev–Trinajstić information content (AvgIpc) is 3.19. The van der Waals surface area contributed by atoms with Crippen LogP contribution in [0.4, 0.5) is 0 Å². The molecule has 7 rings (SSSR count). The minimum atomic E-state index is -2.32. The first-order valence-electron chi connectivity index (χ1n) is 18.8. The van der Waals surface area contributed by atoms with Crippen LogP contribution in [-0.4, -0.2) is 104 Å². The second-order valence-electron chi connectivity index (χ2n) is 16.4. The number of ketones is 1. The molecule has 4 aliphatic rings. The summed E-state index contributed by atoms with van der Waals surface area (Å²) in [6.45, 7) is 5.68. The Hall–Kier alpha value is -1.59. The van der Waals surface area contributed by atoms with E-state index in [1.54, 1.807) is 62.4 Å². The molecule has 2 bridgehead atoms. The third-order valence-corrected chi connectivity index (χ3v) is 13.2. The van der Waals surface area contributed by atoms with Crippen molar-refractivity contribution >= 4 is 35.2 Å². The summed E-state index contributed by atoms with van der Waals surface area (Å²) < 4.78 is 17.9. The SMILES string of the molecule is CC1=C2[C@@H](O)C(=O)[C@@]3(C)[C@H]([C@H](OC(=O)c4ccccc4)[C@](O)(C[C@@H]1OC(=O)[C@H](O)[C@@H](NC(=O)c1ccc(Cl)cc1)c1ccccc1)C2(C)C)[C@]1(O)CO[C@@H]1C[C@@H]3O.[Ac].[Ac]. The van der Waals surface area contributed by atoms with Crippen molar-refractivity contribution in [1.29, 1.82) is 0 Å². The summed E-state index contributed by atoms with van der Waals surface area (Å²) in [5.74, 6) is -5.17. The van der Waals surface area contributed by atoms with Crippen molar-refractivity contribution in [2.24, 2.45) is 16.7 Å². The van der Waals surface area contributed by atoms with Crippen molar-refractivity contribution < 1.29 is 147 Å². The van der Waals surface area contributed by atoms with Crippen LogP contribution in [0.2, 0.25) is 5.02 Å². The fourth-order valence-corrected chi connectivity index (χ4v) is 9.68. The first-order chi connectivity index (χ1) is 26.9. The van der Waals surface area contributed by atoms with E-state index in [-0.39, 0.29) is 123 Å². The Morgan fingerprint density at radius 1 is 0.881 bits per heavy atom. The minimum absolute atomic E-state index is 0. The van der Waals surface area contributed by atoms with E-state index in [1.165, 1.54) is 50.2 Å². The zero-order valence-corrected chi connectivity index (χ0v) is 43.2. The molecule has 3 aliphatic carbocycles. The second-order valence-corrected chi connectivity index (χ2v) is 16.8. The van der Waals surface area contributed by atoms with Gasteiger partial charge in [0.15, 0.2) is 11.9 Å². The van der Waals surface area contributed by atoms with Crippen LogP contribution in [-0.2, 0) is 23.8 Å². The van der Waals surface area contributed by atoms with Gasteiger partial charge in [0.2, 0.25) is 0 Å². The Bertz CT molecular complexity index is 2110. The van der Waals surface area contributed by atoms with Gasteiger partial charge in [-0.3, -0.25) is 9.59 Å². The van der Waals surface area contributed by atoms with E-state index in [9.17, 15) is 44.7 Å². The maximum atomic E-state index is 14.7. The summed E-state index contributed by atoms with van der Waals surface area (Å²) in [5, 5.41) is 64.0. The molecule has 11 atom stereocenters. The molecule has 2 radical (unpaired) electrons. The fraction of sp³-hybridized carbons (Fsp3) is 0.442. The molecule has 6 N–H and O–H groups in total. The molecule has 0 aromatic heterocycles. The van der Waals surface area contributed by atoms with Crippen LogP contribution in [0, 0.1) is 105 Å². The Morgan fingerprint density at radius 2 is 1.47 bits per heavy atom. The smallest absolute Gasteiger partial charge is 0.338 e. The van der Waals surface area contributed by atoms with Crippen molar-refractivity contribution in [2.45, 2.75) is 94.4 Å². The molecule has 16 heteroatoms. The van der Waals surface area contributed by atoms with Crippen molar-refractivity contribution in [3.63, 3.8) is 0 Å². The number of fused-ring (bicyclic) bond motifs is 5. The van der Waals surface area contributed by atoms with Gasteiger partial charge in [-0.1, -0.05) is 74.0 Å². The van der Waals surface area contributed by atoms with Crippen molar-refractivity contribution in [3.8, 4) is 0 Å². The molecule has 308 valence electrons. The molecule has 1 amide bonds. The standard InChI is InChI=1S/C43H46ClNO12.2Ac/c1-22-27(56-39(52)33(48)31(23-11-7-5-8-12-23)45-37(50)24-15-17-26(44)18-16-24)20-43(54)36(57-38(51)25-13-9-6-10-14-25)34-41(4,28(46)19-29-42(34,53)21-55-29)35(49)32(47)30(22)40(43,2)3;;/h5-18,27-29,31-34,36,46-48,53-54H,19-21H2,1-4H3,(H,45,50);;/t27-,28-,29+,31-,32+,33+,34-,36-,41+,42-,43+;;/m0../s1. The van der Waals surface area contributed by atoms with E-state index in [1.807, 2.05) is 0 Å². The van der Waals surface area contributed by atoms with Crippen molar-refractivity contribution in [1.82, 2.24) is 5.32 Å². The molecule has 0 spiro atoms. The molecule has 1 aliphatic heterocycles. The topological polar surface area (TPSA) is 209 Å². The van der Waals surface area contributed by atoms with E-state index in [0.29, 0.717) is 10.6 Å². The van der Waals surface area contributed by atoms with Crippen LogP contribution < -0.4 is 5.32 Å². The number of Topliss-reactive ketones (excluding diaryl/α,β-unsaturated/α-hetero) is 1. The molecular formula is C43H46Ac2ClNO12. The Morgan fingerprint density at radius 3 is 2.05 bits per heavy atom. The van der Waals surface area contributed by atoms with Crippen LogP contribution in [0.5, 0.6) is 0 Å². The van der Waals surface area contributed by atoms with Crippen LogP contribution in [0.3, 0.4) is 0 Å². The van der Waals surface area contributed by atoms with Crippen molar-refractivity contribution in [3.05, 3.63) is 118 Å². The Balaban J connectivity index is 0.00000331. The van der Waals surface area contributed by atoms with E-state index < -0.39 is 101 Å². The molecule has 13 nitrogen and oxygen atoms in total. The monoisotopic (exact) mass is 1260 g/mol. The first kappa shape index (κ1) is 48.4. The van der Waals surface area contributed by atoms with E-state index in [2.05, 4.69) is 5.32 Å². The van der Waals surface area contributed by atoms with Gasteiger partial charge in [0.25, 0.3) is 5.91 Å². The predicted octanol–water partition coefficient (Wildman–Crippen LogP) is 3.25. The molecule has 0 unspecified atom stereocenters. The number of nitrogens with one attached hydrogen (secondary N) is 1. The van der Waals surface area contributed by atoms with E-state index in [4.69, 9.17) is 25.8 Å². The number of benzene rings is 3. The molecule has 1 heterocycles. The first-order valence-corrected chi connectivity index (χ1v) is 19.2. The van der Waals surface area contributed by atoms with Gasteiger partial charge in [-0.15, -0.1) is 0 Å². The van der Waals surface area contributed by atoms with Gasteiger partial charge in [-0.25, -0.2) is 9.59 Å². The van der Waals surface area contributed by atoms with Gasteiger partial charge in [-0.05, 0) is 67.0 Å². The number of hydrogen-bond donors (Lipinski definition) is 6. The van der Waals surface area contributed by atoms with Crippen LogP contribution >= 0.6 is 11.6 Å². The number of esters is 2. The maximum Gasteiger partial charge on any atom is 0.338 e. The second kappa shape index (κ2) is 18.3. The number of carbonyl (C=O) groups excluding carboxylic acids is 4. The van der Waals surface area contributed by atoms with Gasteiger partial charge in [-0.2, -0.15) is 0 Å². The predicted molar refractivity (Wildman–Crippen MR) is 204 cm³/mol. The quantitative estimate of drug-likeness (QED) is 0.142. The van der Waals surface area contributed by atoms with Crippen LogP contribution in [0.1, 0.15) is 72.9 Å². The summed E-state index contributed by atoms with van der Waals surface area (Å²) in [6.07, 6.45) is -10.4. The maximum absolute atomic E-state index is 14.7. The number of ether oxygens (including phenoxy) is 3. The number of halogens is 1. The Labute approximate surface area is 418 Å². The molecular weight excluding hydrogens is 1210 g/mol. The number of aliphatic hydroxyl groups is 5. The van der Waals surface area contributed by atoms with Gasteiger partial charge in [0.1, 0.15) is 29.5 Å². The van der Waals surface area contributed by atoms with Gasteiger partial charge >= 0.3 is 11.9 Å². The molecule has 59 heavy (non-hydrogen) atoms. The third-order valence-electron chi connectivity index (χ3n) is 13.0. The zero-order chi connectivity index (χ0) is 41.2. The minimum Gasteiger partial charge on any atom is -0.456 e. The van der Waals surface area contributed by atoms with Crippen LogP contribution in [0.25, 0.3) is 0 Å². The normalized spacial score (nSPS) is 32.7. The summed E-state index contributed by atoms with van der Waals surface area (Å²) in [5.41, 5.74) is -7.00. The van der Waals surface area contributed by atoms with E-state index >= 15 is 0 Å². The fourth-order valence-electron chi connectivity index (χ4n) is 9.55. The molecule has 3 aromatic carbocycles. The number of aliphatic hydroxyl groups excluding tert-OH is 3. The summed E-state index contributed by atoms with van der Waals surface area (Å²) in [6, 6.07) is 20.8. The third kappa shape index (κ3) is 8.24. The largest absolute Gasteiger partial charge is 0.456 e. The van der Waals surface area contributed by atoms with Gasteiger partial charge < -0.3 is 45.1 Å². The summed E-state index contributed by atoms with van der Waals surface area (Å²) in [4.78, 5) is 56.1. The number of carbonyl (C=O) groups is 4. The van der Waals surface area contributed by atoms with Gasteiger partial charge in [0.05, 0.1) is 35.8 Å². The molecule has 2 saturated carbocycles. The van der Waals surface area contributed by atoms with E-state index in [0.717, 1.165) is 0 Å². The molecule has 3 fully saturated rings.